The summed E-state index contributed by atoms with van der Waals surface area (Å²) < 4.78 is 0. The van der Waals surface area contributed by atoms with Crippen molar-refractivity contribution in [1.82, 2.24) is 0 Å². The average molecular weight is 150 g/mol. The van der Waals surface area contributed by atoms with E-state index in [1.807, 2.05) is 6.08 Å². The molecule has 0 aromatic rings. The molecular formula is C10H14O. The first-order chi connectivity index (χ1) is 5.36. The van der Waals surface area contributed by atoms with Crippen LogP contribution in [0.2, 0.25) is 0 Å². The molecule has 0 radical (unpaired) electrons. The van der Waals surface area contributed by atoms with Crippen LogP contribution in [0.3, 0.4) is 0 Å². The van der Waals surface area contributed by atoms with E-state index < -0.39 is 0 Å². The molecule has 0 aromatic carbocycles. The third kappa shape index (κ3) is 0.652. The van der Waals surface area contributed by atoms with Gasteiger partial charge in [0.2, 0.25) is 0 Å². The summed E-state index contributed by atoms with van der Waals surface area (Å²) in [5.74, 6) is 3.16. The molecule has 3 rings (SSSR count). The normalized spacial score (nSPS) is 58.8. The van der Waals surface area contributed by atoms with Crippen LogP contribution in [-0.4, -0.2) is 11.2 Å². The second kappa shape index (κ2) is 1.89. The van der Waals surface area contributed by atoms with Crippen molar-refractivity contribution in [2.45, 2.75) is 25.4 Å². The monoisotopic (exact) mass is 150 g/mol. The zero-order chi connectivity index (χ0) is 7.42. The van der Waals surface area contributed by atoms with Gasteiger partial charge >= 0.3 is 0 Å². The third-order valence-electron chi connectivity index (χ3n) is 3.97. The number of hydrogen-bond donors (Lipinski definition) is 1. The van der Waals surface area contributed by atoms with Gasteiger partial charge in [-0.1, -0.05) is 12.2 Å². The van der Waals surface area contributed by atoms with Gasteiger partial charge in [-0.05, 0) is 42.9 Å². The second-order valence-corrected chi connectivity index (χ2v) is 4.36. The summed E-state index contributed by atoms with van der Waals surface area (Å²) in [4.78, 5) is 0. The van der Waals surface area contributed by atoms with Crippen LogP contribution >= 0.6 is 0 Å². The minimum Gasteiger partial charge on any atom is -0.389 e. The predicted octanol–water partition coefficient (Wildman–Crippen LogP) is 1.58. The molecule has 1 heteroatoms. The number of rotatable bonds is 0. The molecule has 0 amide bonds. The van der Waals surface area contributed by atoms with Gasteiger partial charge in [0.15, 0.2) is 0 Å². The summed E-state index contributed by atoms with van der Waals surface area (Å²) in [6.45, 7) is 0. The first-order valence-corrected chi connectivity index (χ1v) is 4.72. The second-order valence-electron chi connectivity index (χ2n) is 4.36. The topological polar surface area (TPSA) is 20.2 Å². The zero-order valence-electron chi connectivity index (χ0n) is 6.61. The van der Waals surface area contributed by atoms with Crippen molar-refractivity contribution < 1.29 is 5.11 Å². The Balaban J connectivity index is 1.96. The van der Waals surface area contributed by atoms with Crippen LogP contribution in [0.15, 0.2) is 12.2 Å². The fourth-order valence-electron chi connectivity index (χ4n) is 3.54. The Bertz CT molecular complexity index is 209. The maximum Gasteiger partial charge on any atom is 0.0757 e. The van der Waals surface area contributed by atoms with Gasteiger partial charge in [-0.3, -0.25) is 0 Å². The Morgan fingerprint density at radius 3 is 2.73 bits per heavy atom. The van der Waals surface area contributed by atoms with Crippen LogP contribution in [-0.2, 0) is 0 Å². The smallest absolute Gasteiger partial charge is 0.0757 e. The number of fused-ring (bicyclic) bond motifs is 5. The summed E-state index contributed by atoms with van der Waals surface area (Å²) >= 11 is 0. The van der Waals surface area contributed by atoms with Crippen molar-refractivity contribution >= 4 is 0 Å². The van der Waals surface area contributed by atoms with Crippen molar-refractivity contribution in [3.05, 3.63) is 12.2 Å². The highest BCUT2D eigenvalue weighted by Gasteiger charge is 2.50. The van der Waals surface area contributed by atoms with E-state index in [-0.39, 0.29) is 6.10 Å². The maximum absolute atomic E-state index is 9.63. The van der Waals surface area contributed by atoms with Crippen LogP contribution in [0.25, 0.3) is 0 Å². The maximum atomic E-state index is 9.63. The van der Waals surface area contributed by atoms with E-state index in [1.54, 1.807) is 0 Å². The first kappa shape index (κ1) is 6.24. The lowest BCUT2D eigenvalue weighted by Gasteiger charge is -2.26. The number of aliphatic hydroxyl groups is 1. The predicted molar refractivity (Wildman–Crippen MR) is 43.0 cm³/mol. The minimum absolute atomic E-state index is 0.102. The highest BCUT2D eigenvalue weighted by Crippen LogP contribution is 2.56. The summed E-state index contributed by atoms with van der Waals surface area (Å²) in [6.07, 6.45) is 8.37. The molecule has 2 fully saturated rings. The van der Waals surface area contributed by atoms with Crippen LogP contribution in [0.5, 0.6) is 0 Å². The number of aliphatic hydroxyl groups excluding tert-OH is 1. The van der Waals surface area contributed by atoms with E-state index in [0.29, 0.717) is 5.92 Å². The molecule has 3 aliphatic carbocycles. The Hall–Kier alpha value is -0.300. The van der Waals surface area contributed by atoms with E-state index in [4.69, 9.17) is 0 Å². The molecule has 0 saturated heterocycles. The average Bonchev–Trinajstić information content (AvgIpc) is 2.60. The van der Waals surface area contributed by atoms with E-state index >= 15 is 0 Å². The van der Waals surface area contributed by atoms with Crippen molar-refractivity contribution in [2.75, 3.05) is 0 Å². The van der Waals surface area contributed by atoms with Gasteiger partial charge in [-0.2, -0.15) is 0 Å². The SMILES string of the molecule is OC1C=C[C@H]2[C@H]3CC[C@H](C3)[C@@H]12. The Morgan fingerprint density at radius 1 is 1.09 bits per heavy atom. The van der Waals surface area contributed by atoms with Gasteiger partial charge in [0, 0.05) is 0 Å². The van der Waals surface area contributed by atoms with Crippen molar-refractivity contribution in [3.8, 4) is 0 Å². The van der Waals surface area contributed by atoms with Gasteiger partial charge in [-0.25, -0.2) is 0 Å². The van der Waals surface area contributed by atoms with Gasteiger partial charge in [0.25, 0.3) is 0 Å². The van der Waals surface area contributed by atoms with Crippen LogP contribution < -0.4 is 0 Å². The van der Waals surface area contributed by atoms with Crippen molar-refractivity contribution in [1.29, 1.82) is 0 Å². The van der Waals surface area contributed by atoms with Crippen molar-refractivity contribution in [2.24, 2.45) is 23.7 Å². The summed E-state index contributed by atoms with van der Waals surface area (Å²) in [5, 5.41) is 9.63. The minimum atomic E-state index is -0.102. The summed E-state index contributed by atoms with van der Waals surface area (Å²) in [7, 11) is 0. The standard InChI is InChI=1S/C10H14O/c11-9-4-3-8-6-1-2-7(5-6)10(8)9/h3-4,6-11H,1-2,5H2/t6-,7+,8-,9?,10+/m0/s1. The molecule has 5 atom stereocenters. The highest BCUT2D eigenvalue weighted by molar-refractivity contribution is 5.16. The molecular weight excluding hydrogens is 136 g/mol. The Labute approximate surface area is 67.1 Å². The van der Waals surface area contributed by atoms with Crippen LogP contribution in [0.4, 0.5) is 0 Å². The highest BCUT2D eigenvalue weighted by atomic mass is 16.3. The van der Waals surface area contributed by atoms with Crippen LogP contribution in [0.1, 0.15) is 19.3 Å². The van der Waals surface area contributed by atoms with E-state index in [2.05, 4.69) is 6.08 Å². The quantitative estimate of drug-likeness (QED) is 0.520. The molecule has 1 N–H and O–H groups in total. The molecule has 0 aliphatic heterocycles. The molecule has 11 heavy (non-hydrogen) atoms. The molecule has 2 saturated carbocycles. The first-order valence-electron chi connectivity index (χ1n) is 4.72. The largest absolute Gasteiger partial charge is 0.389 e. The van der Waals surface area contributed by atoms with E-state index in [0.717, 1.165) is 17.8 Å². The van der Waals surface area contributed by atoms with Crippen LogP contribution in [0, 0.1) is 23.7 Å². The molecule has 0 aromatic heterocycles. The van der Waals surface area contributed by atoms with Gasteiger partial charge in [0.1, 0.15) is 0 Å². The summed E-state index contributed by atoms with van der Waals surface area (Å²) in [5.41, 5.74) is 0. The lowest BCUT2D eigenvalue weighted by atomic mass is 9.80. The molecule has 60 valence electrons. The Morgan fingerprint density at radius 2 is 1.91 bits per heavy atom. The van der Waals surface area contributed by atoms with Gasteiger partial charge in [-0.15, -0.1) is 0 Å². The van der Waals surface area contributed by atoms with Gasteiger partial charge < -0.3 is 5.11 Å². The molecule has 0 heterocycles. The molecule has 2 bridgehead atoms. The fourth-order valence-corrected chi connectivity index (χ4v) is 3.54. The molecule has 1 nitrogen and oxygen atoms in total. The summed E-state index contributed by atoms with van der Waals surface area (Å²) in [6, 6.07) is 0. The third-order valence-corrected chi connectivity index (χ3v) is 3.97. The van der Waals surface area contributed by atoms with Crippen molar-refractivity contribution in [3.63, 3.8) is 0 Å². The lowest BCUT2D eigenvalue weighted by Crippen LogP contribution is -2.25. The Kier molecular flexibility index (Phi) is 1.07. The zero-order valence-corrected chi connectivity index (χ0v) is 6.61. The van der Waals surface area contributed by atoms with E-state index in [1.165, 1.54) is 19.3 Å². The fraction of sp³-hybridized carbons (Fsp3) is 0.800. The number of allylic oxidation sites excluding steroid dienone is 1. The molecule has 1 unspecified atom stereocenters. The van der Waals surface area contributed by atoms with E-state index in [9.17, 15) is 5.11 Å². The molecule has 3 aliphatic rings. The molecule has 0 spiro atoms. The number of hydrogen-bond acceptors (Lipinski definition) is 1. The van der Waals surface area contributed by atoms with Gasteiger partial charge in [0.05, 0.1) is 6.10 Å². The lowest BCUT2D eigenvalue weighted by molar-refractivity contribution is 0.105.